The minimum Gasteiger partial charge on any atom is -0.396 e. The molecule has 0 saturated carbocycles. The summed E-state index contributed by atoms with van der Waals surface area (Å²) in [7, 11) is 0. The van der Waals surface area contributed by atoms with Gasteiger partial charge in [0.1, 0.15) is 5.56 Å². The molecule has 0 bridgehead atoms. The third-order valence-electron chi connectivity index (χ3n) is 5.29. The maximum absolute atomic E-state index is 12.8. The maximum Gasteiger partial charge on any atom is 0.256 e. The van der Waals surface area contributed by atoms with Crippen molar-refractivity contribution in [3.8, 4) is 0 Å². The van der Waals surface area contributed by atoms with Crippen molar-refractivity contribution in [1.82, 2.24) is 19.9 Å². The summed E-state index contributed by atoms with van der Waals surface area (Å²) in [4.78, 5) is 17.1. The quantitative estimate of drug-likeness (QED) is 0.834. The van der Waals surface area contributed by atoms with Gasteiger partial charge in [-0.05, 0) is 37.7 Å². The van der Waals surface area contributed by atoms with Gasteiger partial charge < -0.3 is 19.9 Å². The summed E-state index contributed by atoms with van der Waals surface area (Å²) >= 11 is 0. The lowest BCUT2D eigenvalue weighted by Gasteiger charge is -2.43. The zero-order chi connectivity index (χ0) is 18.0. The number of ether oxygens (including phenoxy) is 2. The lowest BCUT2D eigenvalue weighted by molar-refractivity contribution is -0.139. The van der Waals surface area contributed by atoms with Gasteiger partial charge in [-0.2, -0.15) is 5.10 Å². The first-order valence-corrected chi connectivity index (χ1v) is 9.15. The Bertz CT molecular complexity index is 779. The molecule has 1 atom stereocenters. The number of aromatic nitrogens is 3. The van der Waals surface area contributed by atoms with Gasteiger partial charge in [-0.25, -0.2) is 9.50 Å². The van der Waals surface area contributed by atoms with Crippen molar-refractivity contribution >= 4 is 11.6 Å². The highest BCUT2D eigenvalue weighted by molar-refractivity contribution is 5.99. The Morgan fingerprint density at radius 2 is 2.19 bits per heavy atom. The first kappa shape index (κ1) is 17.4. The SMILES string of the molecule is O=C(NC1CCOC2(CCOCC2)C1)c1cnn2cc(CCO)cnc12. The molecule has 8 nitrogen and oxygen atoms in total. The van der Waals surface area contributed by atoms with Crippen molar-refractivity contribution in [3.05, 3.63) is 29.7 Å². The second kappa shape index (κ2) is 7.30. The fourth-order valence-corrected chi connectivity index (χ4v) is 3.84. The number of amides is 1. The predicted molar refractivity (Wildman–Crippen MR) is 93.0 cm³/mol. The van der Waals surface area contributed by atoms with Gasteiger partial charge in [0.25, 0.3) is 5.91 Å². The molecule has 1 spiro atoms. The van der Waals surface area contributed by atoms with Gasteiger partial charge in [-0.15, -0.1) is 0 Å². The van der Waals surface area contributed by atoms with Crippen LogP contribution in [0.4, 0.5) is 0 Å². The van der Waals surface area contributed by atoms with Crippen LogP contribution in [0.25, 0.3) is 5.65 Å². The number of carbonyl (C=O) groups is 1. The van der Waals surface area contributed by atoms with Crippen LogP contribution in [0.2, 0.25) is 0 Å². The molecule has 2 aromatic rings. The fraction of sp³-hybridized carbons (Fsp3) is 0.611. The summed E-state index contributed by atoms with van der Waals surface area (Å²) in [5.74, 6) is -0.156. The molecular weight excluding hydrogens is 336 g/mol. The van der Waals surface area contributed by atoms with Gasteiger partial charge >= 0.3 is 0 Å². The number of nitrogens with zero attached hydrogens (tertiary/aromatic N) is 3. The molecule has 2 aliphatic rings. The van der Waals surface area contributed by atoms with E-state index in [0.29, 0.717) is 24.2 Å². The molecule has 2 aromatic heterocycles. The minimum absolute atomic E-state index is 0.0539. The van der Waals surface area contributed by atoms with Crippen LogP contribution >= 0.6 is 0 Å². The van der Waals surface area contributed by atoms with E-state index >= 15 is 0 Å². The van der Waals surface area contributed by atoms with Gasteiger partial charge in [0.05, 0.1) is 11.8 Å². The van der Waals surface area contributed by atoms with Gasteiger partial charge in [0.2, 0.25) is 0 Å². The summed E-state index contributed by atoms with van der Waals surface area (Å²) in [5.41, 5.74) is 1.71. The molecule has 2 saturated heterocycles. The standard InChI is InChI=1S/C18H24N4O4/c23-5-1-13-10-19-16-15(11-20-22(16)12-13)17(24)21-14-2-6-26-18(9-14)3-7-25-8-4-18/h10-12,14,23H,1-9H2,(H,21,24). The summed E-state index contributed by atoms with van der Waals surface area (Å²) in [6, 6.07) is 0.0814. The first-order valence-electron chi connectivity index (χ1n) is 9.15. The molecule has 4 rings (SSSR count). The Balaban J connectivity index is 1.47. The number of rotatable bonds is 4. The number of hydrogen-bond acceptors (Lipinski definition) is 6. The van der Waals surface area contributed by atoms with Crippen molar-refractivity contribution in [2.24, 2.45) is 0 Å². The molecule has 0 aliphatic carbocycles. The van der Waals surface area contributed by atoms with E-state index in [2.05, 4.69) is 15.4 Å². The highest BCUT2D eigenvalue weighted by atomic mass is 16.5. The average Bonchev–Trinajstić information content (AvgIpc) is 3.06. The van der Waals surface area contributed by atoms with E-state index in [4.69, 9.17) is 14.6 Å². The van der Waals surface area contributed by atoms with Crippen molar-refractivity contribution in [2.75, 3.05) is 26.4 Å². The van der Waals surface area contributed by atoms with E-state index in [1.54, 1.807) is 23.1 Å². The van der Waals surface area contributed by atoms with Crippen LogP contribution in [-0.2, 0) is 15.9 Å². The fourth-order valence-electron chi connectivity index (χ4n) is 3.84. The second-order valence-corrected chi connectivity index (χ2v) is 7.07. The molecule has 8 heteroatoms. The number of aliphatic hydroxyl groups excluding tert-OH is 1. The van der Waals surface area contributed by atoms with Crippen molar-refractivity contribution in [1.29, 1.82) is 0 Å². The molecular formula is C18H24N4O4. The Morgan fingerprint density at radius 1 is 1.35 bits per heavy atom. The zero-order valence-electron chi connectivity index (χ0n) is 14.7. The van der Waals surface area contributed by atoms with Gasteiger partial charge in [-0.3, -0.25) is 4.79 Å². The topological polar surface area (TPSA) is 98.0 Å². The maximum atomic E-state index is 12.8. The molecule has 0 radical (unpaired) electrons. The summed E-state index contributed by atoms with van der Waals surface area (Å²) < 4.78 is 13.1. The monoisotopic (exact) mass is 360 g/mol. The zero-order valence-corrected chi connectivity index (χ0v) is 14.7. The van der Waals surface area contributed by atoms with Crippen molar-refractivity contribution < 1.29 is 19.4 Å². The molecule has 26 heavy (non-hydrogen) atoms. The smallest absolute Gasteiger partial charge is 0.256 e. The number of fused-ring (bicyclic) bond motifs is 1. The van der Waals surface area contributed by atoms with Crippen molar-refractivity contribution in [3.63, 3.8) is 0 Å². The summed E-state index contributed by atoms with van der Waals surface area (Å²) in [6.45, 7) is 2.14. The van der Waals surface area contributed by atoms with E-state index < -0.39 is 0 Å². The molecule has 1 unspecified atom stereocenters. The van der Waals surface area contributed by atoms with E-state index in [-0.39, 0.29) is 24.2 Å². The Kier molecular flexibility index (Phi) is 4.88. The number of nitrogens with one attached hydrogen (secondary N) is 1. The first-order chi connectivity index (χ1) is 12.7. The number of carbonyl (C=O) groups excluding carboxylic acids is 1. The van der Waals surface area contributed by atoms with Crippen LogP contribution in [0.5, 0.6) is 0 Å². The van der Waals surface area contributed by atoms with Crippen LogP contribution in [0.3, 0.4) is 0 Å². The molecule has 4 heterocycles. The van der Waals surface area contributed by atoms with E-state index in [9.17, 15) is 4.79 Å². The van der Waals surface area contributed by atoms with Gasteiger partial charge in [0, 0.05) is 44.9 Å². The van der Waals surface area contributed by atoms with Crippen LogP contribution in [-0.4, -0.2) is 63.7 Å². The van der Waals surface area contributed by atoms with Crippen LogP contribution in [0, 0.1) is 0 Å². The summed E-state index contributed by atoms with van der Waals surface area (Å²) in [6.07, 6.45) is 8.91. The third kappa shape index (κ3) is 3.44. The van der Waals surface area contributed by atoms with Crippen molar-refractivity contribution in [2.45, 2.75) is 43.7 Å². The lowest BCUT2D eigenvalue weighted by atomic mass is 9.84. The van der Waals surface area contributed by atoms with E-state index in [1.165, 1.54) is 0 Å². The van der Waals surface area contributed by atoms with Gasteiger partial charge in [0.15, 0.2) is 5.65 Å². The molecule has 140 valence electrons. The largest absolute Gasteiger partial charge is 0.396 e. The minimum atomic E-state index is -0.160. The Hall–Kier alpha value is -2.03. The van der Waals surface area contributed by atoms with Crippen LogP contribution in [0.1, 0.15) is 41.6 Å². The second-order valence-electron chi connectivity index (χ2n) is 7.07. The average molecular weight is 360 g/mol. The highest BCUT2D eigenvalue weighted by Crippen LogP contribution is 2.34. The Morgan fingerprint density at radius 3 is 3.00 bits per heavy atom. The third-order valence-corrected chi connectivity index (χ3v) is 5.29. The molecule has 2 N–H and O–H groups in total. The summed E-state index contributed by atoms with van der Waals surface area (Å²) in [5, 5.41) is 16.4. The van der Waals surface area contributed by atoms with E-state index in [0.717, 1.165) is 44.5 Å². The van der Waals surface area contributed by atoms with Crippen LogP contribution in [0.15, 0.2) is 18.6 Å². The number of hydrogen-bond donors (Lipinski definition) is 2. The molecule has 0 aromatic carbocycles. The molecule has 2 aliphatic heterocycles. The van der Waals surface area contributed by atoms with Crippen LogP contribution < -0.4 is 5.32 Å². The molecule has 2 fully saturated rings. The highest BCUT2D eigenvalue weighted by Gasteiger charge is 2.39. The Labute approximate surface area is 151 Å². The van der Waals surface area contributed by atoms with Gasteiger partial charge in [-0.1, -0.05) is 0 Å². The predicted octanol–water partition coefficient (Wildman–Crippen LogP) is 0.722. The normalized spacial score (nSPS) is 22.6. The number of aliphatic hydroxyl groups is 1. The van der Waals surface area contributed by atoms with E-state index in [1.807, 2.05) is 0 Å². The lowest BCUT2D eigenvalue weighted by Crippen LogP contribution is -2.51. The molecule has 1 amide bonds.